The van der Waals surface area contributed by atoms with Crippen LogP contribution >= 0.6 is 0 Å². The Labute approximate surface area is 147 Å². The topological polar surface area (TPSA) is 42.3 Å². The van der Waals surface area contributed by atoms with Gasteiger partial charge in [0.25, 0.3) is 0 Å². The summed E-state index contributed by atoms with van der Waals surface area (Å²) in [7, 11) is 2.00. The first kappa shape index (κ1) is 16.5. The molecule has 1 aromatic heterocycles. The molecule has 1 fully saturated rings. The van der Waals surface area contributed by atoms with Crippen molar-refractivity contribution >= 4 is 5.82 Å². The molecule has 134 valence electrons. The molecular formula is C19H25FN4O. The number of rotatable bonds is 4. The molecule has 25 heavy (non-hydrogen) atoms. The Balaban J connectivity index is 1.54. The molecule has 1 aliphatic heterocycles. The zero-order valence-electron chi connectivity index (χ0n) is 14.9. The van der Waals surface area contributed by atoms with Gasteiger partial charge in [0.05, 0.1) is 18.9 Å². The van der Waals surface area contributed by atoms with E-state index in [9.17, 15) is 4.39 Å². The van der Waals surface area contributed by atoms with Gasteiger partial charge in [-0.2, -0.15) is 5.10 Å². The Morgan fingerprint density at radius 2 is 2.12 bits per heavy atom. The van der Waals surface area contributed by atoms with E-state index in [0.29, 0.717) is 0 Å². The fourth-order valence-electron chi connectivity index (χ4n) is 4.11. The molecule has 6 heteroatoms. The highest BCUT2D eigenvalue weighted by molar-refractivity contribution is 5.50. The van der Waals surface area contributed by atoms with Gasteiger partial charge >= 0.3 is 0 Å². The highest BCUT2D eigenvalue weighted by Gasteiger charge is 2.26. The Hall–Kier alpha value is -1.92. The molecule has 1 unspecified atom stereocenters. The van der Waals surface area contributed by atoms with Crippen molar-refractivity contribution in [2.75, 3.05) is 31.2 Å². The van der Waals surface area contributed by atoms with E-state index in [-0.39, 0.29) is 11.9 Å². The van der Waals surface area contributed by atoms with Gasteiger partial charge in [-0.3, -0.25) is 4.68 Å². The van der Waals surface area contributed by atoms with Gasteiger partial charge in [-0.15, -0.1) is 0 Å². The van der Waals surface area contributed by atoms with Crippen LogP contribution in [0.1, 0.15) is 34.8 Å². The number of halogens is 1. The van der Waals surface area contributed by atoms with Crippen molar-refractivity contribution < 1.29 is 9.13 Å². The summed E-state index contributed by atoms with van der Waals surface area (Å²) in [4.78, 5) is 2.35. The van der Waals surface area contributed by atoms with E-state index in [1.165, 1.54) is 11.4 Å². The number of aryl methyl sites for hydroxylation is 2. The summed E-state index contributed by atoms with van der Waals surface area (Å²) in [6.07, 6.45) is 1.75. The third-order valence-corrected chi connectivity index (χ3v) is 5.36. The molecular weight excluding hydrogens is 319 g/mol. The van der Waals surface area contributed by atoms with Gasteiger partial charge in [-0.1, -0.05) is 12.1 Å². The number of hydrogen-bond acceptors (Lipinski definition) is 4. The molecule has 4 rings (SSSR count). The molecule has 2 heterocycles. The van der Waals surface area contributed by atoms with E-state index in [4.69, 9.17) is 4.74 Å². The normalized spacial score (nSPS) is 20.1. The maximum atomic E-state index is 13.9. The fourth-order valence-corrected chi connectivity index (χ4v) is 4.11. The predicted octanol–water partition coefficient (Wildman–Crippen LogP) is 2.48. The zero-order chi connectivity index (χ0) is 17.4. The SMILES string of the molecule is Cc1nn(C)c(N2CCOCC2)c1CNC1CCc2c(F)cccc21. The lowest BCUT2D eigenvalue weighted by atomic mass is 10.1. The molecule has 2 aliphatic rings. The predicted molar refractivity (Wildman–Crippen MR) is 95.3 cm³/mol. The second kappa shape index (κ2) is 6.77. The van der Waals surface area contributed by atoms with Crippen molar-refractivity contribution in [2.24, 2.45) is 7.05 Å². The van der Waals surface area contributed by atoms with Crippen molar-refractivity contribution in [3.63, 3.8) is 0 Å². The highest BCUT2D eigenvalue weighted by atomic mass is 19.1. The highest BCUT2D eigenvalue weighted by Crippen LogP contribution is 2.33. The molecule has 0 spiro atoms. The van der Waals surface area contributed by atoms with Crippen molar-refractivity contribution in [1.82, 2.24) is 15.1 Å². The number of nitrogens with one attached hydrogen (secondary N) is 1. The number of aromatic nitrogens is 2. The van der Waals surface area contributed by atoms with Gasteiger partial charge in [0.1, 0.15) is 11.6 Å². The maximum Gasteiger partial charge on any atom is 0.131 e. The van der Waals surface area contributed by atoms with E-state index >= 15 is 0 Å². The number of ether oxygens (including phenoxy) is 1. The number of fused-ring (bicyclic) bond motifs is 1. The summed E-state index contributed by atoms with van der Waals surface area (Å²) in [6, 6.07) is 5.62. The van der Waals surface area contributed by atoms with E-state index in [2.05, 4.69) is 22.2 Å². The molecule has 2 aromatic rings. The van der Waals surface area contributed by atoms with Crippen LogP contribution in [0.5, 0.6) is 0 Å². The number of anilines is 1. The second-order valence-electron chi connectivity index (χ2n) is 6.89. The minimum absolute atomic E-state index is 0.0756. The number of morpholine rings is 1. The van der Waals surface area contributed by atoms with Crippen LogP contribution in [0.2, 0.25) is 0 Å². The molecule has 1 aliphatic carbocycles. The third-order valence-electron chi connectivity index (χ3n) is 5.36. The molecule has 0 amide bonds. The van der Waals surface area contributed by atoms with Crippen molar-refractivity contribution in [3.05, 3.63) is 46.4 Å². The summed E-state index contributed by atoms with van der Waals surface area (Å²) < 4.78 is 21.4. The molecule has 1 atom stereocenters. The van der Waals surface area contributed by atoms with Gasteiger partial charge in [-0.05, 0) is 37.0 Å². The average molecular weight is 344 g/mol. The Morgan fingerprint density at radius 3 is 2.92 bits per heavy atom. The third kappa shape index (κ3) is 3.04. The lowest BCUT2D eigenvalue weighted by Gasteiger charge is -2.30. The lowest BCUT2D eigenvalue weighted by molar-refractivity contribution is 0.122. The van der Waals surface area contributed by atoms with Gasteiger partial charge in [0, 0.05) is 38.3 Å². The van der Waals surface area contributed by atoms with Crippen LogP contribution in [0, 0.1) is 12.7 Å². The van der Waals surface area contributed by atoms with Crippen LogP contribution in [-0.4, -0.2) is 36.1 Å². The Kier molecular flexibility index (Phi) is 4.48. The van der Waals surface area contributed by atoms with Crippen molar-refractivity contribution in [3.8, 4) is 0 Å². The van der Waals surface area contributed by atoms with Gasteiger partial charge in [0.2, 0.25) is 0 Å². The Bertz CT molecular complexity index is 767. The smallest absolute Gasteiger partial charge is 0.131 e. The summed E-state index contributed by atoms with van der Waals surface area (Å²) in [6.45, 7) is 6.10. The molecule has 1 aromatic carbocycles. The standard InChI is InChI=1S/C19H25FN4O/c1-13-16(19(23(2)22-13)24-8-10-25-11-9-24)12-21-18-7-6-14-15(18)4-3-5-17(14)20/h3-5,18,21H,6-12H2,1-2H3. The van der Waals surface area contributed by atoms with Crippen molar-refractivity contribution in [2.45, 2.75) is 32.4 Å². The molecule has 5 nitrogen and oxygen atoms in total. The van der Waals surface area contributed by atoms with Crippen LogP contribution < -0.4 is 10.2 Å². The summed E-state index contributed by atoms with van der Waals surface area (Å²) >= 11 is 0. The minimum atomic E-state index is -0.0756. The van der Waals surface area contributed by atoms with Crippen molar-refractivity contribution in [1.29, 1.82) is 0 Å². The van der Waals surface area contributed by atoms with E-state index in [0.717, 1.165) is 62.5 Å². The van der Waals surface area contributed by atoms with Crippen LogP contribution in [-0.2, 0) is 24.8 Å². The number of benzene rings is 1. The minimum Gasteiger partial charge on any atom is -0.378 e. The van der Waals surface area contributed by atoms with Crippen LogP contribution in [0.3, 0.4) is 0 Å². The number of hydrogen-bond donors (Lipinski definition) is 1. The Morgan fingerprint density at radius 1 is 1.32 bits per heavy atom. The fraction of sp³-hybridized carbons (Fsp3) is 0.526. The molecule has 0 saturated carbocycles. The van der Waals surface area contributed by atoms with Gasteiger partial charge < -0.3 is 15.0 Å². The second-order valence-corrected chi connectivity index (χ2v) is 6.89. The van der Waals surface area contributed by atoms with Crippen LogP contribution in [0.25, 0.3) is 0 Å². The number of nitrogens with zero attached hydrogens (tertiary/aromatic N) is 3. The first-order valence-corrected chi connectivity index (χ1v) is 9.01. The zero-order valence-corrected chi connectivity index (χ0v) is 14.9. The summed E-state index contributed by atoms with van der Waals surface area (Å²) in [5.41, 5.74) is 4.26. The monoisotopic (exact) mass is 344 g/mol. The average Bonchev–Trinajstić information content (AvgIpc) is 3.15. The van der Waals surface area contributed by atoms with Crippen LogP contribution in [0.15, 0.2) is 18.2 Å². The summed E-state index contributed by atoms with van der Waals surface area (Å²) in [5, 5.41) is 8.26. The molecule has 0 bridgehead atoms. The quantitative estimate of drug-likeness (QED) is 0.925. The first-order chi connectivity index (χ1) is 12.1. The maximum absolute atomic E-state index is 13.9. The van der Waals surface area contributed by atoms with Crippen LogP contribution in [0.4, 0.5) is 10.2 Å². The molecule has 1 N–H and O–H groups in total. The molecule has 1 saturated heterocycles. The van der Waals surface area contributed by atoms with Gasteiger partial charge in [-0.25, -0.2) is 4.39 Å². The van der Waals surface area contributed by atoms with E-state index < -0.39 is 0 Å². The first-order valence-electron chi connectivity index (χ1n) is 9.01. The molecule has 0 radical (unpaired) electrons. The summed E-state index contributed by atoms with van der Waals surface area (Å²) in [5.74, 6) is 1.10. The van der Waals surface area contributed by atoms with E-state index in [1.807, 2.05) is 23.9 Å². The lowest BCUT2D eigenvalue weighted by Crippen LogP contribution is -2.38. The van der Waals surface area contributed by atoms with Gasteiger partial charge in [0.15, 0.2) is 0 Å². The largest absolute Gasteiger partial charge is 0.378 e. The van der Waals surface area contributed by atoms with E-state index in [1.54, 1.807) is 6.07 Å².